The fourth-order valence-electron chi connectivity index (χ4n) is 3.41. The molecule has 1 fully saturated rings. The number of fused-ring (bicyclic) bond motifs is 1. The van der Waals surface area contributed by atoms with Gasteiger partial charge in [0.15, 0.2) is 17.7 Å². The van der Waals surface area contributed by atoms with Crippen LogP contribution in [0.4, 0.5) is 20.3 Å². The summed E-state index contributed by atoms with van der Waals surface area (Å²) in [4.78, 5) is 17.3. The molecule has 0 aliphatic heterocycles. The molecule has 0 radical (unpaired) electrons. The molecule has 32 heavy (non-hydrogen) atoms. The van der Waals surface area contributed by atoms with Crippen LogP contribution in [0.2, 0.25) is 5.02 Å². The van der Waals surface area contributed by atoms with Crippen molar-refractivity contribution in [3.05, 3.63) is 76.0 Å². The Morgan fingerprint density at radius 3 is 2.62 bits per heavy atom. The molecule has 0 spiro atoms. The summed E-state index contributed by atoms with van der Waals surface area (Å²) < 4.78 is 35.3. The molecule has 1 aliphatic carbocycles. The first-order chi connectivity index (χ1) is 15.5. The van der Waals surface area contributed by atoms with E-state index < -0.39 is 16.7 Å². The number of nitrogens with zero attached hydrogens (tertiary/aromatic N) is 4. The van der Waals surface area contributed by atoms with E-state index in [0.29, 0.717) is 34.2 Å². The van der Waals surface area contributed by atoms with Crippen LogP contribution < -0.4 is 10.1 Å². The Balaban J connectivity index is 1.60. The van der Waals surface area contributed by atoms with Gasteiger partial charge in [0.1, 0.15) is 28.7 Å². The van der Waals surface area contributed by atoms with E-state index >= 15 is 0 Å². The Morgan fingerprint density at radius 2 is 1.88 bits per heavy atom. The van der Waals surface area contributed by atoms with Crippen LogP contribution in [0.1, 0.15) is 24.8 Å². The first-order valence-corrected chi connectivity index (χ1v) is 11.0. The predicted octanol–water partition coefficient (Wildman–Crippen LogP) is 6.39. The molecule has 0 saturated heterocycles. The maximum absolute atomic E-state index is 14.5. The molecule has 5 rings (SSSR count). The van der Waals surface area contributed by atoms with Crippen molar-refractivity contribution in [1.29, 1.82) is 0 Å². The minimum absolute atomic E-state index is 0.0181. The van der Waals surface area contributed by atoms with Crippen molar-refractivity contribution in [1.82, 2.24) is 19.9 Å². The third-order valence-corrected chi connectivity index (χ3v) is 5.90. The van der Waals surface area contributed by atoms with Gasteiger partial charge in [-0.3, -0.25) is 0 Å². The summed E-state index contributed by atoms with van der Waals surface area (Å²) in [6.07, 6.45) is 6.38. The zero-order valence-corrected chi connectivity index (χ0v) is 18.7. The van der Waals surface area contributed by atoms with Gasteiger partial charge in [-0.05, 0) is 43.2 Å². The van der Waals surface area contributed by atoms with Crippen molar-refractivity contribution in [3.8, 4) is 5.75 Å². The molecule has 1 N–H and O–H groups in total. The van der Waals surface area contributed by atoms with E-state index in [1.807, 2.05) is 0 Å². The molecule has 1 unspecified atom stereocenters. The predicted molar refractivity (Wildman–Crippen MR) is 120 cm³/mol. The molecule has 1 aliphatic rings. The Morgan fingerprint density at radius 1 is 1.09 bits per heavy atom. The first-order valence-electron chi connectivity index (χ1n) is 9.79. The molecule has 0 bridgehead atoms. The van der Waals surface area contributed by atoms with E-state index in [1.165, 1.54) is 12.4 Å². The quantitative estimate of drug-likeness (QED) is 0.298. The number of aromatic nitrogens is 4. The minimum atomic E-state index is -0.911. The van der Waals surface area contributed by atoms with Crippen molar-refractivity contribution in [2.24, 2.45) is 5.92 Å². The highest BCUT2D eigenvalue weighted by atomic mass is 79.9. The summed E-state index contributed by atoms with van der Waals surface area (Å²) in [5, 5.41) is 2.84. The van der Waals surface area contributed by atoms with Gasteiger partial charge in [-0.15, -0.1) is 0 Å². The zero-order valence-electron chi connectivity index (χ0n) is 16.4. The number of hydrogen-bond donors (Lipinski definition) is 1. The number of anilines is 2. The monoisotopic (exact) mass is 517 g/mol. The second-order valence-corrected chi connectivity index (χ2v) is 8.64. The first kappa shape index (κ1) is 21.0. The number of rotatable bonds is 6. The number of ether oxygens (including phenoxy) is 1. The molecule has 162 valence electrons. The van der Waals surface area contributed by atoms with Gasteiger partial charge in [-0.25, -0.2) is 28.7 Å². The van der Waals surface area contributed by atoms with Crippen LogP contribution in [-0.4, -0.2) is 19.9 Å². The maximum atomic E-state index is 14.5. The van der Waals surface area contributed by atoms with Gasteiger partial charge >= 0.3 is 0 Å². The van der Waals surface area contributed by atoms with Crippen LogP contribution in [0.3, 0.4) is 0 Å². The molecule has 2 aromatic carbocycles. The summed E-state index contributed by atoms with van der Waals surface area (Å²) in [6, 6.07) is 7.69. The second kappa shape index (κ2) is 8.55. The van der Waals surface area contributed by atoms with Crippen LogP contribution in [-0.2, 0) is 0 Å². The van der Waals surface area contributed by atoms with Crippen molar-refractivity contribution in [2.45, 2.75) is 18.9 Å². The summed E-state index contributed by atoms with van der Waals surface area (Å²) in [7, 11) is 0. The number of halogens is 4. The van der Waals surface area contributed by atoms with Gasteiger partial charge in [-0.2, -0.15) is 0 Å². The van der Waals surface area contributed by atoms with Gasteiger partial charge < -0.3 is 10.1 Å². The molecule has 0 amide bonds. The van der Waals surface area contributed by atoms with E-state index in [4.69, 9.17) is 16.3 Å². The lowest BCUT2D eigenvalue weighted by Gasteiger charge is -2.20. The van der Waals surface area contributed by atoms with Crippen LogP contribution in [0.15, 0.2) is 53.5 Å². The van der Waals surface area contributed by atoms with Crippen molar-refractivity contribution < 1.29 is 13.5 Å². The van der Waals surface area contributed by atoms with Crippen LogP contribution >= 0.6 is 27.5 Å². The number of hydrogen-bond acceptors (Lipinski definition) is 6. The molecule has 1 saturated carbocycles. The number of benzene rings is 2. The Bertz CT molecular complexity index is 1310. The lowest BCUT2D eigenvalue weighted by Crippen LogP contribution is -2.14. The largest absolute Gasteiger partial charge is 0.481 e. The van der Waals surface area contributed by atoms with Crippen LogP contribution in [0, 0.1) is 17.6 Å². The van der Waals surface area contributed by atoms with Crippen molar-refractivity contribution in [2.75, 3.05) is 5.32 Å². The fraction of sp³-hybridized carbons (Fsp3) is 0.182. The summed E-state index contributed by atoms with van der Waals surface area (Å²) in [5.74, 6) is -0.0957. The Labute approximate surface area is 195 Å². The summed E-state index contributed by atoms with van der Waals surface area (Å²) >= 11 is 9.22. The third-order valence-electron chi connectivity index (χ3n) is 5.10. The molecule has 2 aromatic heterocycles. The van der Waals surface area contributed by atoms with Crippen LogP contribution in [0.5, 0.6) is 5.75 Å². The molecular weight excluding hydrogens is 504 g/mol. The number of nitrogens with one attached hydrogen (secondary N) is 1. The van der Waals surface area contributed by atoms with Gasteiger partial charge in [-0.1, -0.05) is 27.5 Å². The van der Waals surface area contributed by atoms with E-state index in [0.717, 1.165) is 23.4 Å². The normalized spacial score (nSPS) is 14.4. The molecule has 4 aromatic rings. The molecular formula is C22H15BrClF2N5O. The molecule has 6 nitrogen and oxygen atoms in total. The smallest absolute Gasteiger partial charge is 0.169 e. The van der Waals surface area contributed by atoms with Gasteiger partial charge in [0.05, 0.1) is 16.6 Å². The molecule has 2 heterocycles. The van der Waals surface area contributed by atoms with E-state index in [1.54, 1.807) is 30.6 Å². The van der Waals surface area contributed by atoms with E-state index in [-0.39, 0.29) is 11.8 Å². The topological polar surface area (TPSA) is 72.8 Å². The van der Waals surface area contributed by atoms with E-state index in [2.05, 4.69) is 41.2 Å². The molecule has 1 atom stereocenters. The standard InChI is InChI=1S/C22H15BrClF2N5O/c23-12-8-15-17(16(9-12)32-20(11-2-3-11)22-27-6-1-7-28-22)21(30-10-29-15)31-14-5-4-13(25)18(24)19(14)26/h1,4-11,20H,2-3H2,(H,29,30,31). The van der Waals surface area contributed by atoms with Gasteiger partial charge in [0.25, 0.3) is 0 Å². The zero-order chi connectivity index (χ0) is 22.2. The lowest BCUT2D eigenvalue weighted by molar-refractivity contribution is 0.174. The third kappa shape index (κ3) is 4.10. The van der Waals surface area contributed by atoms with Crippen LogP contribution in [0.25, 0.3) is 10.9 Å². The van der Waals surface area contributed by atoms with E-state index in [9.17, 15) is 8.78 Å². The van der Waals surface area contributed by atoms with Crippen molar-refractivity contribution in [3.63, 3.8) is 0 Å². The fourth-order valence-corrected chi connectivity index (χ4v) is 4.00. The van der Waals surface area contributed by atoms with Crippen molar-refractivity contribution >= 4 is 49.9 Å². The van der Waals surface area contributed by atoms with Gasteiger partial charge in [0.2, 0.25) is 0 Å². The average molecular weight is 519 g/mol. The molecule has 10 heteroatoms. The highest BCUT2D eigenvalue weighted by molar-refractivity contribution is 9.10. The van der Waals surface area contributed by atoms with Gasteiger partial charge in [0, 0.05) is 22.8 Å². The highest BCUT2D eigenvalue weighted by Crippen LogP contribution is 2.45. The second-order valence-electron chi connectivity index (χ2n) is 7.35. The highest BCUT2D eigenvalue weighted by Gasteiger charge is 2.36. The Kier molecular flexibility index (Phi) is 5.60. The lowest BCUT2D eigenvalue weighted by atomic mass is 10.1. The SMILES string of the molecule is Fc1ccc(Nc2ncnc3cc(Br)cc(OC(c4ncccn4)C4CC4)c23)c(F)c1Cl. The minimum Gasteiger partial charge on any atom is -0.481 e. The summed E-state index contributed by atoms with van der Waals surface area (Å²) in [6.45, 7) is 0. The average Bonchev–Trinajstić information content (AvgIpc) is 3.63. The maximum Gasteiger partial charge on any atom is 0.169 e. The Hall–Kier alpha value is -2.91. The summed E-state index contributed by atoms with van der Waals surface area (Å²) in [5.41, 5.74) is 0.555.